The van der Waals surface area contributed by atoms with E-state index in [4.69, 9.17) is 5.73 Å². The molecule has 1 aliphatic rings. The van der Waals surface area contributed by atoms with Crippen LogP contribution < -0.4 is 16.0 Å². The van der Waals surface area contributed by atoms with Gasteiger partial charge in [0, 0.05) is 31.3 Å². The lowest BCUT2D eigenvalue weighted by Gasteiger charge is -2.36. The summed E-state index contributed by atoms with van der Waals surface area (Å²) >= 11 is 0. The average Bonchev–Trinajstić information content (AvgIpc) is 2.53. The maximum absolute atomic E-state index is 12.1. The number of nitrogens with zero attached hydrogens (tertiary/aromatic N) is 2. The molecule has 1 amide bonds. The zero-order valence-corrected chi connectivity index (χ0v) is 14.3. The second kappa shape index (κ2) is 8.10. The summed E-state index contributed by atoms with van der Waals surface area (Å²) in [4.78, 5) is 25.2. The minimum absolute atomic E-state index is 0.0113. The topological polar surface area (TPSA) is 102 Å². The van der Waals surface area contributed by atoms with Gasteiger partial charge in [0.15, 0.2) is 0 Å². The molecule has 0 spiro atoms. The highest BCUT2D eigenvalue weighted by molar-refractivity contribution is 5.95. The smallest absolute Gasteiger partial charge is 0.293 e. The number of hydrogen-bond acceptors (Lipinski definition) is 5. The highest BCUT2D eigenvalue weighted by atomic mass is 16.6. The molecule has 1 aliphatic heterocycles. The molecular formula is C17H26N4O3. The molecule has 7 heteroatoms. The average molecular weight is 334 g/mol. The molecule has 2 rings (SSSR count). The number of rotatable bonds is 6. The van der Waals surface area contributed by atoms with Crippen LogP contribution in [0.15, 0.2) is 18.2 Å². The van der Waals surface area contributed by atoms with Gasteiger partial charge in [0.05, 0.1) is 4.92 Å². The van der Waals surface area contributed by atoms with Crippen LogP contribution in [0.4, 0.5) is 11.4 Å². The molecule has 0 aromatic heterocycles. The zero-order chi connectivity index (χ0) is 17.7. The monoisotopic (exact) mass is 334 g/mol. The fourth-order valence-corrected chi connectivity index (χ4v) is 3.34. The van der Waals surface area contributed by atoms with E-state index in [1.165, 1.54) is 6.07 Å². The number of amides is 1. The lowest BCUT2D eigenvalue weighted by Crippen LogP contribution is -2.39. The van der Waals surface area contributed by atoms with Crippen molar-refractivity contribution in [3.05, 3.63) is 33.9 Å². The van der Waals surface area contributed by atoms with Gasteiger partial charge < -0.3 is 16.0 Å². The number of piperidine rings is 1. The third kappa shape index (κ3) is 4.44. The van der Waals surface area contributed by atoms with E-state index in [-0.39, 0.29) is 11.6 Å². The second-order valence-corrected chi connectivity index (χ2v) is 6.71. The van der Waals surface area contributed by atoms with Crippen LogP contribution in [0, 0.1) is 22.0 Å². The van der Waals surface area contributed by atoms with E-state index in [1.54, 1.807) is 12.1 Å². The second-order valence-electron chi connectivity index (χ2n) is 6.71. The third-order valence-corrected chi connectivity index (χ3v) is 4.31. The fourth-order valence-electron chi connectivity index (χ4n) is 3.34. The van der Waals surface area contributed by atoms with Crippen LogP contribution >= 0.6 is 0 Å². The molecule has 1 fully saturated rings. The van der Waals surface area contributed by atoms with Crippen LogP contribution in [-0.4, -0.2) is 37.0 Å². The van der Waals surface area contributed by atoms with Crippen LogP contribution in [0.2, 0.25) is 0 Å². The van der Waals surface area contributed by atoms with E-state index >= 15 is 0 Å². The number of nitro benzene ring substituents is 1. The van der Waals surface area contributed by atoms with Gasteiger partial charge in [-0.2, -0.15) is 0 Å². The lowest BCUT2D eigenvalue weighted by atomic mass is 9.91. The van der Waals surface area contributed by atoms with Crippen LogP contribution in [0.1, 0.15) is 37.0 Å². The molecule has 1 saturated heterocycles. The largest absolute Gasteiger partial charge is 0.365 e. The van der Waals surface area contributed by atoms with Gasteiger partial charge in [0.2, 0.25) is 0 Å². The molecule has 0 aliphatic carbocycles. The number of nitrogens with one attached hydrogen (secondary N) is 1. The van der Waals surface area contributed by atoms with Crippen LogP contribution in [0.5, 0.6) is 0 Å². The summed E-state index contributed by atoms with van der Waals surface area (Å²) in [5.41, 5.74) is 6.29. The summed E-state index contributed by atoms with van der Waals surface area (Å²) in [7, 11) is 0. The Morgan fingerprint density at radius 1 is 1.38 bits per heavy atom. The van der Waals surface area contributed by atoms with Gasteiger partial charge in [0.25, 0.3) is 11.6 Å². The van der Waals surface area contributed by atoms with Crippen LogP contribution in [0.3, 0.4) is 0 Å². The van der Waals surface area contributed by atoms with Gasteiger partial charge in [-0.1, -0.05) is 13.8 Å². The molecule has 1 aromatic rings. The standard InChI is InChI=1S/C17H26N4O3/c1-12-8-13(2)11-20(10-12)15-5-4-14(9-16(15)21(23)24)17(22)19-7-3-6-18/h4-5,9,12-13H,3,6-8,10-11,18H2,1-2H3,(H,19,22). The van der Waals surface area contributed by atoms with Gasteiger partial charge in [-0.05, 0) is 43.4 Å². The Bertz CT molecular complexity index is 595. The summed E-state index contributed by atoms with van der Waals surface area (Å²) < 4.78 is 0. The van der Waals surface area contributed by atoms with E-state index in [1.807, 2.05) is 0 Å². The molecule has 7 nitrogen and oxygen atoms in total. The Kier molecular flexibility index (Phi) is 6.14. The summed E-state index contributed by atoms with van der Waals surface area (Å²) in [6, 6.07) is 4.72. The van der Waals surface area contributed by atoms with Crippen molar-refractivity contribution < 1.29 is 9.72 Å². The zero-order valence-electron chi connectivity index (χ0n) is 14.3. The van der Waals surface area contributed by atoms with E-state index < -0.39 is 4.92 Å². The van der Waals surface area contributed by atoms with E-state index in [0.29, 0.717) is 42.6 Å². The fraction of sp³-hybridized carbons (Fsp3) is 0.588. The predicted octanol–water partition coefficient (Wildman–Crippen LogP) is 2.16. The quantitative estimate of drug-likeness (QED) is 0.471. The minimum Gasteiger partial charge on any atom is -0.365 e. The Balaban J connectivity index is 2.23. The number of anilines is 1. The Morgan fingerprint density at radius 3 is 2.62 bits per heavy atom. The van der Waals surface area contributed by atoms with Crippen molar-refractivity contribution in [2.75, 3.05) is 31.1 Å². The molecular weight excluding hydrogens is 308 g/mol. The Morgan fingerprint density at radius 2 is 2.04 bits per heavy atom. The number of hydrogen-bond donors (Lipinski definition) is 2. The molecule has 2 unspecified atom stereocenters. The number of carbonyl (C=O) groups is 1. The Labute approximate surface area is 142 Å². The minimum atomic E-state index is -0.407. The van der Waals surface area contributed by atoms with E-state index in [0.717, 1.165) is 19.5 Å². The third-order valence-electron chi connectivity index (χ3n) is 4.31. The summed E-state index contributed by atoms with van der Waals surface area (Å²) in [5.74, 6) is 0.679. The van der Waals surface area contributed by atoms with Crippen LogP contribution in [0.25, 0.3) is 0 Å². The normalized spacial score (nSPS) is 20.7. The molecule has 0 bridgehead atoms. The van der Waals surface area contributed by atoms with Crippen molar-refractivity contribution in [2.45, 2.75) is 26.7 Å². The first-order valence-corrected chi connectivity index (χ1v) is 8.44. The Hall–Kier alpha value is -2.15. The molecule has 0 saturated carbocycles. The highest BCUT2D eigenvalue weighted by Gasteiger charge is 2.27. The molecule has 132 valence electrons. The molecule has 0 radical (unpaired) electrons. The van der Waals surface area contributed by atoms with Crippen molar-refractivity contribution in [1.82, 2.24) is 5.32 Å². The number of nitrogens with two attached hydrogens (primary N) is 1. The highest BCUT2D eigenvalue weighted by Crippen LogP contribution is 2.33. The van der Waals surface area contributed by atoms with E-state index in [9.17, 15) is 14.9 Å². The summed E-state index contributed by atoms with van der Waals surface area (Å²) in [6.45, 7) is 6.87. The van der Waals surface area contributed by atoms with Gasteiger partial charge in [-0.15, -0.1) is 0 Å². The molecule has 24 heavy (non-hydrogen) atoms. The lowest BCUT2D eigenvalue weighted by molar-refractivity contribution is -0.384. The number of carbonyl (C=O) groups excluding carboxylic acids is 1. The molecule has 3 N–H and O–H groups in total. The SMILES string of the molecule is CC1CC(C)CN(c2ccc(C(=O)NCCCN)cc2[N+](=O)[O-])C1. The van der Waals surface area contributed by atoms with Crippen molar-refractivity contribution in [2.24, 2.45) is 17.6 Å². The summed E-state index contributed by atoms with van der Waals surface area (Å²) in [6.07, 6.45) is 1.81. The number of benzene rings is 1. The van der Waals surface area contributed by atoms with Gasteiger partial charge in [0.1, 0.15) is 5.69 Å². The predicted molar refractivity (Wildman–Crippen MR) is 94.3 cm³/mol. The van der Waals surface area contributed by atoms with Gasteiger partial charge in [-0.25, -0.2) is 0 Å². The first-order valence-electron chi connectivity index (χ1n) is 8.44. The first kappa shape index (κ1) is 18.2. The van der Waals surface area contributed by atoms with Gasteiger partial charge >= 0.3 is 0 Å². The van der Waals surface area contributed by atoms with Crippen molar-refractivity contribution in [1.29, 1.82) is 0 Å². The molecule has 2 atom stereocenters. The molecule has 1 heterocycles. The van der Waals surface area contributed by atoms with E-state index in [2.05, 4.69) is 24.1 Å². The van der Waals surface area contributed by atoms with Crippen molar-refractivity contribution in [3.8, 4) is 0 Å². The van der Waals surface area contributed by atoms with Gasteiger partial charge in [-0.3, -0.25) is 14.9 Å². The molecule has 1 aromatic carbocycles. The van der Waals surface area contributed by atoms with Crippen molar-refractivity contribution in [3.63, 3.8) is 0 Å². The first-order chi connectivity index (χ1) is 11.4. The summed E-state index contributed by atoms with van der Waals surface area (Å²) in [5, 5.41) is 14.2. The number of nitro groups is 1. The maximum Gasteiger partial charge on any atom is 0.293 e. The maximum atomic E-state index is 12.1. The van der Waals surface area contributed by atoms with Crippen molar-refractivity contribution >= 4 is 17.3 Å². The van der Waals surface area contributed by atoms with Crippen LogP contribution in [-0.2, 0) is 0 Å².